The number of amides is 2. The molecule has 0 atom stereocenters. The van der Waals surface area contributed by atoms with Gasteiger partial charge in [0, 0.05) is 17.8 Å². The van der Waals surface area contributed by atoms with Gasteiger partial charge >= 0.3 is 0 Å². The fraction of sp³-hybridized carbons (Fsp3) is 0.389. The number of carbonyl (C=O) groups is 2. The van der Waals surface area contributed by atoms with Crippen LogP contribution < -0.4 is 10.6 Å². The molecule has 0 aliphatic rings. The Labute approximate surface area is 155 Å². The van der Waals surface area contributed by atoms with Gasteiger partial charge in [-0.3, -0.25) is 14.7 Å². The standard InChI is InChI=1S/C18H23BrN4O2/c1-10(2)9-14(24)20-12-5-7-13(8-6-12)21-18(25)17-15(19)16(11(3)4)22-23-17/h5-8,10-11H,9H2,1-4H3,(H,20,24)(H,21,25)(H,22,23). The molecule has 7 heteroatoms. The van der Waals surface area contributed by atoms with E-state index in [0.717, 1.165) is 5.69 Å². The Hall–Kier alpha value is -2.15. The highest BCUT2D eigenvalue weighted by Crippen LogP contribution is 2.26. The molecule has 0 aliphatic carbocycles. The average molecular weight is 407 g/mol. The van der Waals surface area contributed by atoms with Gasteiger partial charge in [-0.1, -0.05) is 27.7 Å². The van der Waals surface area contributed by atoms with Crippen molar-refractivity contribution in [1.82, 2.24) is 10.2 Å². The zero-order valence-electron chi connectivity index (χ0n) is 14.8. The van der Waals surface area contributed by atoms with Crippen LogP contribution in [0.5, 0.6) is 0 Å². The van der Waals surface area contributed by atoms with Crippen molar-refractivity contribution < 1.29 is 9.59 Å². The van der Waals surface area contributed by atoms with Crippen LogP contribution >= 0.6 is 15.9 Å². The monoisotopic (exact) mass is 406 g/mol. The largest absolute Gasteiger partial charge is 0.326 e. The number of carbonyl (C=O) groups excluding carboxylic acids is 2. The van der Waals surface area contributed by atoms with E-state index in [0.29, 0.717) is 33.9 Å². The molecule has 1 heterocycles. The highest BCUT2D eigenvalue weighted by atomic mass is 79.9. The van der Waals surface area contributed by atoms with Crippen molar-refractivity contribution >= 4 is 39.1 Å². The smallest absolute Gasteiger partial charge is 0.277 e. The first-order valence-corrected chi connectivity index (χ1v) is 9.02. The summed E-state index contributed by atoms with van der Waals surface area (Å²) >= 11 is 3.42. The van der Waals surface area contributed by atoms with Crippen LogP contribution in [0.25, 0.3) is 0 Å². The van der Waals surface area contributed by atoms with Crippen molar-refractivity contribution in [2.45, 2.75) is 40.0 Å². The van der Waals surface area contributed by atoms with Gasteiger partial charge in [-0.15, -0.1) is 0 Å². The Balaban J connectivity index is 2.01. The lowest BCUT2D eigenvalue weighted by Crippen LogP contribution is -2.14. The van der Waals surface area contributed by atoms with Gasteiger partial charge in [0.1, 0.15) is 0 Å². The fourth-order valence-corrected chi connectivity index (χ4v) is 3.10. The summed E-state index contributed by atoms with van der Waals surface area (Å²) < 4.78 is 0.678. The highest BCUT2D eigenvalue weighted by molar-refractivity contribution is 9.10. The first kappa shape index (κ1) is 19.2. The summed E-state index contributed by atoms with van der Waals surface area (Å²) in [7, 11) is 0. The van der Waals surface area contributed by atoms with E-state index in [4.69, 9.17) is 0 Å². The van der Waals surface area contributed by atoms with Gasteiger partial charge in [-0.25, -0.2) is 0 Å². The SMILES string of the molecule is CC(C)CC(=O)Nc1ccc(NC(=O)c2n[nH]c(C(C)C)c2Br)cc1. The molecule has 2 aromatic rings. The van der Waals surface area contributed by atoms with E-state index in [9.17, 15) is 9.59 Å². The van der Waals surface area contributed by atoms with Gasteiger partial charge in [0.15, 0.2) is 5.69 Å². The number of H-pyrrole nitrogens is 1. The molecule has 1 aromatic heterocycles. The Morgan fingerprint density at radius 2 is 1.64 bits per heavy atom. The number of hydrogen-bond donors (Lipinski definition) is 3. The minimum atomic E-state index is -0.299. The van der Waals surface area contributed by atoms with E-state index in [2.05, 4.69) is 36.8 Å². The molecule has 0 saturated carbocycles. The zero-order valence-corrected chi connectivity index (χ0v) is 16.4. The maximum Gasteiger partial charge on any atom is 0.277 e. The molecule has 0 saturated heterocycles. The lowest BCUT2D eigenvalue weighted by Gasteiger charge is -2.09. The topological polar surface area (TPSA) is 86.9 Å². The Kier molecular flexibility index (Phi) is 6.36. The van der Waals surface area contributed by atoms with Crippen molar-refractivity contribution in [3.8, 4) is 0 Å². The summed E-state index contributed by atoms with van der Waals surface area (Å²) in [4.78, 5) is 24.1. The third-order valence-electron chi connectivity index (χ3n) is 3.55. The van der Waals surface area contributed by atoms with Gasteiger partial charge in [0.25, 0.3) is 5.91 Å². The summed E-state index contributed by atoms with van der Waals surface area (Å²) in [6.45, 7) is 8.03. The van der Waals surface area contributed by atoms with E-state index >= 15 is 0 Å². The van der Waals surface area contributed by atoms with Gasteiger partial charge in [-0.05, 0) is 52.0 Å². The van der Waals surface area contributed by atoms with Crippen LogP contribution in [-0.4, -0.2) is 22.0 Å². The van der Waals surface area contributed by atoms with E-state index in [1.807, 2.05) is 27.7 Å². The highest BCUT2D eigenvalue weighted by Gasteiger charge is 2.19. The molecule has 0 radical (unpaired) electrons. The third kappa shape index (κ3) is 5.16. The van der Waals surface area contributed by atoms with E-state index in [1.54, 1.807) is 24.3 Å². The molecule has 6 nitrogen and oxygen atoms in total. The Morgan fingerprint density at radius 3 is 2.12 bits per heavy atom. The first-order chi connectivity index (χ1) is 11.8. The third-order valence-corrected chi connectivity index (χ3v) is 4.35. The number of hydrogen-bond acceptors (Lipinski definition) is 3. The van der Waals surface area contributed by atoms with Crippen LogP contribution in [0.3, 0.4) is 0 Å². The predicted molar refractivity (Wildman–Crippen MR) is 103 cm³/mol. The fourth-order valence-electron chi connectivity index (χ4n) is 2.28. The van der Waals surface area contributed by atoms with E-state index < -0.39 is 0 Å². The molecule has 2 rings (SSSR count). The lowest BCUT2D eigenvalue weighted by molar-refractivity contribution is -0.116. The van der Waals surface area contributed by atoms with Crippen LogP contribution in [-0.2, 0) is 4.79 Å². The second-order valence-electron chi connectivity index (χ2n) is 6.63. The molecule has 0 aliphatic heterocycles. The number of anilines is 2. The van der Waals surface area contributed by atoms with E-state index in [1.165, 1.54) is 0 Å². The average Bonchev–Trinajstić information content (AvgIpc) is 2.90. The minimum Gasteiger partial charge on any atom is -0.326 e. The number of halogens is 1. The summed E-state index contributed by atoms with van der Waals surface area (Å²) in [6, 6.07) is 7.00. The van der Waals surface area contributed by atoms with Crippen LogP contribution in [0.15, 0.2) is 28.7 Å². The Morgan fingerprint density at radius 1 is 1.08 bits per heavy atom. The minimum absolute atomic E-state index is 0.0200. The molecule has 0 unspecified atom stereocenters. The number of nitrogens with one attached hydrogen (secondary N) is 3. The molecule has 0 spiro atoms. The van der Waals surface area contributed by atoms with Gasteiger partial charge in [0.05, 0.1) is 10.2 Å². The maximum absolute atomic E-state index is 12.4. The van der Waals surface area contributed by atoms with E-state index in [-0.39, 0.29) is 17.7 Å². The molecule has 3 N–H and O–H groups in total. The summed E-state index contributed by atoms with van der Waals surface area (Å²) in [5, 5.41) is 12.6. The van der Waals surface area contributed by atoms with Crippen molar-refractivity contribution in [2.75, 3.05) is 10.6 Å². The number of aromatic amines is 1. The van der Waals surface area contributed by atoms with Gasteiger partial charge in [0.2, 0.25) is 5.91 Å². The number of benzene rings is 1. The molecule has 134 valence electrons. The van der Waals surface area contributed by atoms with Crippen molar-refractivity contribution in [3.05, 3.63) is 40.1 Å². The molecular formula is C18H23BrN4O2. The number of nitrogens with zero attached hydrogens (tertiary/aromatic N) is 1. The molecule has 1 aromatic carbocycles. The number of rotatable bonds is 6. The lowest BCUT2D eigenvalue weighted by atomic mass is 10.1. The second kappa shape index (κ2) is 8.29. The first-order valence-electron chi connectivity index (χ1n) is 8.23. The summed E-state index contributed by atoms with van der Waals surface area (Å²) in [5.41, 5.74) is 2.53. The summed E-state index contributed by atoms with van der Waals surface area (Å²) in [5.74, 6) is 0.221. The second-order valence-corrected chi connectivity index (χ2v) is 7.43. The number of aromatic nitrogens is 2. The molecule has 25 heavy (non-hydrogen) atoms. The maximum atomic E-state index is 12.4. The molecule has 0 fully saturated rings. The van der Waals surface area contributed by atoms with Crippen molar-refractivity contribution in [3.63, 3.8) is 0 Å². The summed E-state index contributed by atoms with van der Waals surface area (Å²) in [6.07, 6.45) is 0.476. The normalized spacial score (nSPS) is 11.0. The van der Waals surface area contributed by atoms with Gasteiger partial charge < -0.3 is 10.6 Å². The molecule has 0 bridgehead atoms. The zero-order chi connectivity index (χ0) is 18.6. The van der Waals surface area contributed by atoms with Crippen molar-refractivity contribution in [2.24, 2.45) is 5.92 Å². The van der Waals surface area contributed by atoms with Crippen LogP contribution in [0.1, 0.15) is 56.2 Å². The van der Waals surface area contributed by atoms with Crippen LogP contribution in [0.2, 0.25) is 0 Å². The van der Waals surface area contributed by atoms with Crippen LogP contribution in [0.4, 0.5) is 11.4 Å². The predicted octanol–water partition coefficient (Wildman–Crippen LogP) is 4.53. The van der Waals surface area contributed by atoms with Crippen LogP contribution in [0, 0.1) is 5.92 Å². The van der Waals surface area contributed by atoms with Gasteiger partial charge in [-0.2, -0.15) is 5.10 Å². The Bertz CT molecular complexity index is 751. The molecule has 2 amide bonds. The quantitative estimate of drug-likeness (QED) is 0.658. The van der Waals surface area contributed by atoms with Crippen molar-refractivity contribution in [1.29, 1.82) is 0 Å². The molecular weight excluding hydrogens is 384 g/mol.